The van der Waals surface area contributed by atoms with Crippen molar-refractivity contribution in [2.75, 3.05) is 13.1 Å². The van der Waals surface area contributed by atoms with Gasteiger partial charge in [-0.2, -0.15) is 13.2 Å². The zero-order chi connectivity index (χ0) is 16.9. The summed E-state index contributed by atoms with van der Waals surface area (Å²) in [5, 5.41) is 5.17. The quantitative estimate of drug-likeness (QED) is 0.788. The van der Waals surface area contributed by atoms with E-state index in [1.54, 1.807) is 0 Å². The molecule has 1 aliphatic heterocycles. The highest BCUT2D eigenvalue weighted by Crippen LogP contribution is 2.20. The molecule has 0 saturated carbocycles. The molecular formula is C14H24F3N3O2. The Morgan fingerprint density at radius 1 is 1.41 bits per heavy atom. The monoisotopic (exact) mass is 323 g/mol. The molecule has 8 heteroatoms. The van der Waals surface area contributed by atoms with Crippen LogP contribution in [0.4, 0.5) is 18.0 Å². The Morgan fingerprint density at radius 3 is 2.59 bits per heavy atom. The maximum absolute atomic E-state index is 12.3. The number of nitrogens with one attached hydrogen (secondary N) is 2. The van der Waals surface area contributed by atoms with Crippen LogP contribution >= 0.6 is 0 Å². The highest BCUT2D eigenvalue weighted by molar-refractivity contribution is 5.88. The van der Waals surface area contributed by atoms with E-state index in [1.807, 2.05) is 6.92 Å². The van der Waals surface area contributed by atoms with Gasteiger partial charge in [0.05, 0.1) is 0 Å². The molecule has 0 aromatic heterocycles. The van der Waals surface area contributed by atoms with Gasteiger partial charge in [-0.15, -0.1) is 0 Å². The van der Waals surface area contributed by atoms with Crippen molar-refractivity contribution in [1.29, 1.82) is 0 Å². The standard InChI is InChI=1S/C14H24F3N3O2/c1-4-9(2)7-10(3)18-13(22)19-11-5-6-20(12(11)21)8-14(15,16)17/h9-11H,4-8H2,1-3H3,(H2,18,19,22)/t9-,10-,11+/m0/s1. The molecule has 0 aromatic carbocycles. The second kappa shape index (κ2) is 7.69. The third-order valence-corrected chi connectivity index (χ3v) is 3.80. The van der Waals surface area contributed by atoms with Gasteiger partial charge >= 0.3 is 12.2 Å². The lowest BCUT2D eigenvalue weighted by molar-refractivity contribution is -0.157. The van der Waals surface area contributed by atoms with E-state index in [1.165, 1.54) is 0 Å². The molecule has 1 fully saturated rings. The molecule has 3 atom stereocenters. The van der Waals surface area contributed by atoms with Crippen molar-refractivity contribution < 1.29 is 22.8 Å². The molecule has 2 N–H and O–H groups in total. The van der Waals surface area contributed by atoms with Crippen molar-refractivity contribution in [3.05, 3.63) is 0 Å². The van der Waals surface area contributed by atoms with Crippen molar-refractivity contribution in [2.45, 2.75) is 58.3 Å². The molecular weight excluding hydrogens is 299 g/mol. The van der Waals surface area contributed by atoms with Crippen LogP contribution in [0.5, 0.6) is 0 Å². The van der Waals surface area contributed by atoms with Gasteiger partial charge in [-0.05, 0) is 25.7 Å². The number of halogens is 3. The van der Waals surface area contributed by atoms with E-state index in [2.05, 4.69) is 24.5 Å². The van der Waals surface area contributed by atoms with Crippen LogP contribution in [0.3, 0.4) is 0 Å². The average molecular weight is 323 g/mol. The molecule has 128 valence electrons. The highest BCUT2D eigenvalue weighted by atomic mass is 19.4. The minimum Gasteiger partial charge on any atom is -0.336 e. The van der Waals surface area contributed by atoms with Gasteiger partial charge in [0.2, 0.25) is 5.91 Å². The van der Waals surface area contributed by atoms with Crippen molar-refractivity contribution >= 4 is 11.9 Å². The van der Waals surface area contributed by atoms with E-state index in [0.717, 1.165) is 17.7 Å². The molecule has 1 heterocycles. The van der Waals surface area contributed by atoms with Crippen molar-refractivity contribution in [3.8, 4) is 0 Å². The first kappa shape index (κ1) is 18.6. The van der Waals surface area contributed by atoms with Crippen LogP contribution in [-0.4, -0.2) is 48.2 Å². The molecule has 0 aliphatic carbocycles. The Kier molecular flexibility index (Phi) is 6.49. The van der Waals surface area contributed by atoms with Gasteiger partial charge in [0.15, 0.2) is 0 Å². The van der Waals surface area contributed by atoms with E-state index in [9.17, 15) is 22.8 Å². The summed E-state index contributed by atoms with van der Waals surface area (Å²) in [6.07, 6.45) is -2.41. The smallest absolute Gasteiger partial charge is 0.336 e. The summed E-state index contributed by atoms with van der Waals surface area (Å²) < 4.78 is 36.9. The fourth-order valence-corrected chi connectivity index (χ4v) is 2.50. The number of carbonyl (C=O) groups is 2. The minimum atomic E-state index is -4.42. The van der Waals surface area contributed by atoms with E-state index < -0.39 is 30.7 Å². The van der Waals surface area contributed by atoms with Crippen LogP contribution < -0.4 is 10.6 Å². The topological polar surface area (TPSA) is 61.4 Å². The molecule has 0 radical (unpaired) electrons. The second-order valence-electron chi connectivity index (χ2n) is 5.98. The Labute approximate surface area is 128 Å². The summed E-state index contributed by atoms with van der Waals surface area (Å²) in [7, 11) is 0. The molecule has 0 bridgehead atoms. The second-order valence-corrected chi connectivity index (χ2v) is 5.98. The average Bonchev–Trinajstić information content (AvgIpc) is 2.69. The lowest BCUT2D eigenvalue weighted by Gasteiger charge is -2.20. The molecule has 3 amide bonds. The summed E-state index contributed by atoms with van der Waals surface area (Å²) in [5.74, 6) is -0.215. The fourth-order valence-electron chi connectivity index (χ4n) is 2.50. The maximum atomic E-state index is 12.3. The summed E-state index contributed by atoms with van der Waals surface area (Å²) in [4.78, 5) is 24.3. The van der Waals surface area contributed by atoms with Crippen LogP contribution in [0.15, 0.2) is 0 Å². The number of carbonyl (C=O) groups excluding carboxylic acids is 2. The third-order valence-electron chi connectivity index (χ3n) is 3.80. The van der Waals surface area contributed by atoms with Gasteiger partial charge in [0.1, 0.15) is 12.6 Å². The lowest BCUT2D eigenvalue weighted by atomic mass is 10.0. The summed E-state index contributed by atoms with van der Waals surface area (Å²) in [5.41, 5.74) is 0. The zero-order valence-electron chi connectivity index (χ0n) is 13.2. The Hall–Kier alpha value is -1.47. The Bertz CT molecular complexity index is 401. The molecule has 5 nitrogen and oxygen atoms in total. The minimum absolute atomic E-state index is 0.00567. The van der Waals surface area contributed by atoms with Crippen LogP contribution in [-0.2, 0) is 4.79 Å². The Balaban J connectivity index is 2.41. The predicted octanol–water partition coefficient (Wildman–Crippen LogP) is 2.27. The first-order chi connectivity index (χ1) is 10.1. The fraction of sp³-hybridized carbons (Fsp3) is 0.857. The highest BCUT2D eigenvalue weighted by Gasteiger charge is 2.39. The molecule has 0 unspecified atom stereocenters. The molecule has 1 rings (SSSR count). The first-order valence-electron chi connectivity index (χ1n) is 7.55. The van der Waals surface area contributed by atoms with Gasteiger partial charge in [0, 0.05) is 12.6 Å². The molecule has 0 spiro atoms. The van der Waals surface area contributed by atoms with Gasteiger partial charge in [-0.1, -0.05) is 20.3 Å². The molecule has 1 saturated heterocycles. The number of alkyl halides is 3. The van der Waals surface area contributed by atoms with Crippen LogP contribution in [0.2, 0.25) is 0 Å². The number of rotatable bonds is 6. The van der Waals surface area contributed by atoms with Crippen molar-refractivity contribution in [1.82, 2.24) is 15.5 Å². The third kappa shape index (κ3) is 6.11. The molecule has 0 aromatic rings. The lowest BCUT2D eigenvalue weighted by Crippen LogP contribution is -2.49. The van der Waals surface area contributed by atoms with Crippen molar-refractivity contribution in [3.63, 3.8) is 0 Å². The van der Waals surface area contributed by atoms with E-state index >= 15 is 0 Å². The van der Waals surface area contributed by atoms with Crippen LogP contribution in [0, 0.1) is 5.92 Å². The summed E-state index contributed by atoms with van der Waals surface area (Å²) >= 11 is 0. The number of hydrogen-bond acceptors (Lipinski definition) is 2. The maximum Gasteiger partial charge on any atom is 0.406 e. The van der Waals surface area contributed by atoms with E-state index in [4.69, 9.17) is 0 Å². The van der Waals surface area contributed by atoms with Crippen LogP contribution in [0.25, 0.3) is 0 Å². The Morgan fingerprint density at radius 2 is 2.05 bits per heavy atom. The summed E-state index contributed by atoms with van der Waals surface area (Å²) in [6.45, 7) is 4.73. The molecule has 22 heavy (non-hydrogen) atoms. The normalized spacial score (nSPS) is 21.6. The largest absolute Gasteiger partial charge is 0.406 e. The number of nitrogens with zero attached hydrogens (tertiary/aromatic N) is 1. The van der Waals surface area contributed by atoms with Crippen molar-refractivity contribution in [2.24, 2.45) is 5.92 Å². The molecule has 1 aliphatic rings. The zero-order valence-corrected chi connectivity index (χ0v) is 13.2. The van der Waals surface area contributed by atoms with Gasteiger partial charge in [-0.3, -0.25) is 4.79 Å². The number of urea groups is 1. The summed E-state index contributed by atoms with van der Waals surface area (Å²) in [6, 6.07) is -1.45. The van der Waals surface area contributed by atoms with Gasteiger partial charge in [-0.25, -0.2) is 4.79 Å². The van der Waals surface area contributed by atoms with E-state index in [0.29, 0.717) is 5.92 Å². The predicted molar refractivity (Wildman–Crippen MR) is 76.2 cm³/mol. The van der Waals surface area contributed by atoms with Gasteiger partial charge in [0.25, 0.3) is 0 Å². The van der Waals surface area contributed by atoms with Crippen LogP contribution in [0.1, 0.15) is 40.0 Å². The SMILES string of the molecule is CC[C@H](C)C[C@H](C)NC(=O)N[C@@H]1CCN(CC(F)(F)F)C1=O. The number of likely N-dealkylation sites (tertiary alicyclic amines) is 1. The number of amides is 3. The van der Waals surface area contributed by atoms with E-state index in [-0.39, 0.29) is 19.0 Å². The van der Waals surface area contributed by atoms with Gasteiger partial charge < -0.3 is 15.5 Å². The number of hydrogen-bond donors (Lipinski definition) is 2. The first-order valence-corrected chi connectivity index (χ1v) is 7.55.